The summed E-state index contributed by atoms with van der Waals surface area (Å²) in [6, 6.07) is 6.19. The molecule has 0 aliphatic rings. The van der Waals surface area contributed by atoms with Crippen molar-refractivity contribution in [3.8, 4) is 0 Å². The number of nitrogens with zero attached hydrogens (tertiary/aromatic N) is 2. The van der Waals surface area contributed by atoms with Crippen LogP contribution in [0.25, 0.3) is 11.2 Å². The third-order valence-corrected chi connectivity index (χ3v) is 10.9. The molecule has 1 aromatic carbocycles. The average Bonchev–Trinajstić information content (AvgIpc) is 3.08. The molecule has 5 nitrogen and oxygen atoms in total. The second kappa shape index (κ2) is 8.24. The average molecular weight is 479 g/mol. The van der Waals surface area contributed by atoms with Gasteiger partial charge in [0.15, 0.2) is 14.0 Å². The van der Waals surface area contributed by atoms with Crippen molar-refractivity contribution in [1.82, 2.24) is 15.0 Å². The van der Waals surface area contributed by atoms with Crippen LogP contribution in [-0.4, -0.2) is 28.3 Å². The second-order valence-electron chi connectivity index (χ2n) is 9.60. The second-order valence-corrected chi connectivity index (χ2v) is 15.1. The maximum atomic E-state index is 13.4. The monoisotopic (exact) mass is 478 g/mol. The SMILES string of the molecule is CC(C)(O[Si](C)(C)C(C)(C)C)c1nc2nccc(C(=S)Nc3ccc(F)c(Cl)c3)c2[nH]1. The standard InChI is InChI=1S/C22H28ClFN4OSSi/c1-21(2,3)31(6,7)29-22(4,5)20-27-17-14(10-11-25-18(17)28-20)19(30)26-13-8-9-16(24)15(23)12-13/h8-12H,1-7H3,(H,26,30)(H,25,27,28). The van der Waals surface area contributed by atoms with Crippen LogP contribution in [-0.2, 0) is 10.0 Å². The van der Waals surface area contributed by atoms with E-state index in [4.69, 9.17) is 33.2 Å². The predicted molar refractivity (Wildman–Crippen MR) is 132 cm³/mol. The van der Waals surface area contributed by atoms with E-state index in [1.165, 1.54) is 12.1 Å². The summed E-state index contributed by atoms with van der Waals surface area (Å²) in [7, 11) is -2.03. The van der Waals surface area contributed by atoms with E-state index in [0.29, 0.717) is 22.1 Å². The summed E-state index contributed by atoms with van der Waals surface area (Å²) >= 11 is 11.5. The van der Waals surface area contributed by atoms with Gasteiger partial charge in [-0.05, 0) is 56.2 Å². The molecule has 3 rings (SSSR count). The highest BCUT2D eigenvalue weighted by molar-refractivity contribution is 7.81. The molecule has 0 fully saturated rings. The zero-order chi connectivity index (χ0) is 23.2. The number of benzene rings is 1. The molecule has 9 heteroatoms. The lowest BCUT2D eigenvalue weighted by molar-refractivity contribution is 0.0818. The number of hydrogen-bond donors (Lipinski definition) is 2. The van der Waals surface area contributed by atoms with Gasteiger partial charge in [-0.3, -0.25) is 0 Å². The Morgan fingerprint density at radius 2 is 1.87 bits per heavy atom. The first-order valence-corrected chi connectivity index (χ1v) is 13.7. The van der Waals surface area contributed by atoms with Crippen LogP contribution < -0.4 is 5.32 Å². The van der Waals surface area contributed by atoms with Gasteiger partial charge in [0.1, 0.15) is 22.2 Å². The number of halogens is 2. The molecule has 0 bridgehead atoms. The topological polar surface area (TPSA) is 62.8 Å². The molecule has 0 radical (unpaired) electrons. The molecule has 0 saturated carbocycles. The van der Waals surface area contributed by atoms with Crippen LogP contribution in [0.5, 0.6) is 0 Å². The Labute approximate surface area is 193 Å². The van der Waals surface area contributed by atoms with Gasteiger partial charge in [-0.1, -0.05) is 44.6 Å². The molecule has 2 N–H and O–H groups in total. The van der Waals surface area contributed by atoms with Gasteiger partial charge in [0.25, 0.3) is 0 Å². The molecule has 0 atom stereocenters. The number of aromatic nitrogens is 3. The molecule has 0 unspecified atom stereocenters. The van der Waals surface area contributed by atoms with Gasteiger partial charge in [0, 0.05) is 17.4 Å². The van der Waals surface area contributed by atoms with E-state index in [0.717, 1.165) is 11.1 Å². The number of imidazole rings is 1. The summed E-state index contributed by atoms with van der Waals surface area (Å²) in [5.41, 5.74) is 1.99. The van der Waals surface area contributed by atoms with Crippen molar-refractivity contribution >= 4 is 54.0 Å². The van der Waals surface area contributed by atoms with E-state index in [-0.39, 0.29) is 10.1 Å². The van der Waals surface area contributed by atoms with Crippen LogP contribution in [0.3, 0.4) is 0 Å². The number of thiocarbonyl (C=S) groups is 1. The summed E-state index contributed by atoms with van der Waals surface area (Å²) in [6.45, 7) is 15.1. The quantitative estimate of drug-likeness (QED) is 0.312. The van der Waals surface area contributed by atoms with Crippen LogP contribution in [0.4, 0.5) is 10.1 Å². The Bertz CT molecular complexity index is 1140. The first-order chi connectivity index (χ1) is 14.2. The van der Waals surface area contributed by atoms with Gasteiger partial charge < -0.3 is 14.7 Å². The highest BCUT2D eigenvalue weighted by atomic mass is 35.5. The Morgan fingerprint density at radius 3 is 2.48 bits per heavy atom. The number of pyridine rings is 1. The largest absolute Gasteiger partial charge is 0.405 e. The smallest absolute Gasteiger partial charge is 0.193 e. The van der Waals surface area contributed by atoms with Gasteiger partial charge in [0.2, 0.25) is 0 Å². The Hall–Kier alpha value is -1.87. The summed E-state index contributed by atoms with van der Waals surface area (Å²) in [5, 5.41) is 3.20. The molecular weight excluding hydrogens is 451 g/mol. The number of nitrogens with one attached hydrogen (secondary N) is 2. The van der Waals surface area contributed by atoms with Crippen LogP contribution in [0.2, 0.25) is 23.2 Å². The fraction of sp³-hybridized carbons (Fsp3) is 0.409. The van der Waals surface area contributed by atoms with E-state index in [1.54, 1.807) is 12.3 Å². The minimum atomic E-state index is -2.03. The van der Waals surface area contributed by atoms with Crippen molar-refractivity contribution < 1.29 is 8.82 Å². The zero-order valence-electron chi connectivity index (χ0n) is 18.9. The van der Waals surface area contributed by atoms with Crippen molar-refractivity contribution in [3.05, 3.63) is 52.7 Å². The molecule has 3 aromatic rings. The van der Waals surface area contributed by atoms with Gasteiger partial charge in [-0.15, -0.1) is 0 Å². The third kappa shape index (κ3) is 4.97. The summed E-state index contributed by atoms with van der Waals surface area (Å²) in [6.07, 6.45) is 1.66. The molecular formula is C22H28ClFN4OSSi. The molecule has 0 amide bonds. The lowest BCUT2D eigenvalue weighted by atomic mass is 10.1. The van der Waals surface area contributed by atoms with E-state index in [9.17, 15) is 4.39 Å². The van der Waals surface area contributed by atoms with E-state index >= 15 is 0 Å². The number of H-pyrrole nitrogens is 1. The summed E-state index contributed by atoms with van der Waals surface area (Å²) in [4.78, 5) is 12.9. The fourth-order valence-electron chi connectivity index (χ4n) is 3.00. The summed E-state index contributed by atoms with van der Waals surface area (Å²) < 4.78 is 20.1. The van der Waals surface area contributed by atoms with E-state index < -0.39 is 19.7 Å². The fourth-order valence-corrected chi connectivity index (χ4v) is 5.14. The molecule has 2 heterocycles. The van der Waals surface area contributed by atoms with Gasteiger partial charge in [0.05, 0.1) is 10.5 Å². The number of hydrogen-bond acceptors (Lipinski definition) is 4. The van der Waals surface area contributed by atoms with E-state index in [1.807, 2.05) is 19.9 Å². The molecule has 0 saturated heterocycles. The van der Waals surface area contributed by atoms with Gasteiger partial charge >= 0.3 is 0 Å². The Morgan fingerprint density at radius 1 is 1.19 bits per heavy atom. The number of rotatable bonds is 5. The van der Waals surface area contributed by atoms with E-state index in [2.05, 4.69) is 49.1 Å². The molecule has 2 aromatic heterocycles. The maximum Gasteiger partial charge on any atom is 0.193 e. The lowest BCUT2D eigenvalue weighted by Crippen LogP contribution is -2.46. The predicted octanol–water partition coefficient (Wildman–Crippen LogP) is 6.79. The number of anilines is 1. The zero-order valence-corrected chi connectivity index (χ0v) is 21.4. The molecule has 0 spiro atoms. The third-order valence-electron chi connectivity index (χ3n) is 5.70. The van der Waals surface area contributed by atoms with Crippen LogP contribution >= 0.6 is 23.8 Å². The highest BCUT2D eigenvalue weighted by Crippen LogP contribution is 2.41. The first-order valence-electron chi connectivity index (χ1n) is 10.0. The van der Waals surface area contributed by atoms with Crippen LogP contribution in [0, 0.1) is 5.82 Å². The van der Waals surface area contributed by atoms with Crippen molar-refractivity contribution in [2.45, 2.75) is 58.4 Å². The Kier molecular flexibility index (Phi) is 6.32. The molecule has 166 valence electrons. The normalized spacial score (nSPS) is 12.9. The minimum Gasteiger partial charge on any atom is -0.405 e. The lowest BCUT2D eigenvalue weighted by Gasteiger charge is -2.41. The van der Waals surface area contributed by atoms with Gasteiger partial charge in [-0.2, -0.15) is 0 Å². The van der Waals surface area contributed by atoms with Crippen molar-refractivity contribution in [3.63, 3.8) is 0 Å². The number of aromatic amines is 1. The first kappa shape index (κ1) is 23.8. The molecule has 0 aliphatic heterocycles. The number of fused-ring (bicyclic) bond motifs is 1. The summed E-state index contributed by atoms with van der Waals surface area (Å²) in [5.74, 6) is 0.214. The Balaban J connectivity index is 1.94. The molecule has 31 heavy (non-hydrogen) atoms. The molecule has 0 aliphatic carbocycles. The van der Waals surface area contributed by atoms with Crippen molar-refractivity contribution in [1.29, 1.82) is 0 Å². The van der Waals surface area contributed by atoms with Crippen molar-refractivity contribution in [2.24, 2.45) is 0 Å². The van der Waals surface area contributed by atoms with Gasteiger partial charge in [-0.25, -0.2) is 14.4 Å². The minimum absolute atomic E-state index is 0.0287. The maximum absolute atomic E-state index is 13.4. The van der Waals surface area contributed by atoms with Crippen LogP contribution in [0.1, 0.15) is 46.0 Å². The van der Waals surface area contributed by atoms with Crippen LogP contribution in [0.15, 0.2) is 30.5 Å². The highest BCUT2D eigenvalue weighted by Gasteiger charge is 2.43. The van der Waals surface area contributed by atoms with Crippen molar-refractivity contribution in [2.75, 3.05) is 5.32 Å².